The first-order chi connectivity index (χ1) is 13.7. The summed E-state index contributed by atoms with van der Waals surface area (Å²) in [5, 5.41) is 8.52. The summed E-state index contributed by atoms with van der Waals surface area (Å²) < 4.78 is 8.65. The fraction of sp³-hybridized carbons (Fsp3) is 0.263. The first-order valence-corrected chi connectivity index (χ1v) is 9.96. The van der Waals surface area contributed by atoms with Gasteiger partial charge in [0.2, 0.25) is 9.70 Å². The molecule has 0 aliphatic carbocycles. The van der Waals surface area contributed by atoms with Crippen LogP contribution in [0.5, 0.6) is 11.5 Å². The van der Waals surface area contributed by atoms with Gasteiger partial charge in [0.25, 0.3) is 0 Å². The first-order valence-electron chi connectivity index (χ1n) is 8.42. The van der Waals surface area contributed by atoms with Gasteiger partial charge >= 0.3 is 0 Å². The zero-order chi connectivity index (χ0) is 21.4. The summed E-state index contributed by atoms with van der Waals surface area (Å²) in [6.07, 6.45) is -0.941. The molecule has 0 aliphatic rings. The number of carbonyl (C=O) groups excluding carboxylic acids is 1. The smallest absolute Gasteiger partial charge is 0.228 e. The standard InChI is InChI=1S/C19H20Cl3N3O3S/c1-27-13-8-9-15(28-2)14(11-13)23-18(29)25-17(19(20,21)22)24-16(26)10-12-6-4-3-5-7-12/h3-9,11,17H,10H2,1-2H3,(H,24,26)(H2,23,25,29)/t17-/m0/s1. The van der Waals surface area contributed by atoms with E-state index >= 15 is 0 Å². The van der Waals surface area contributed by atoms with Crippen molar-refractivity contribution in [3.8, 4) is 11.5 Å². The van der Waals surface area contributed by atoms with Gasteiger partial charge < -0.3 is 25.4 Å². The summed E-state index contributed by atoms with van der Waals surface area (Å²) >= 11 is 23.4. The van der Waals surface area contributed by atoms with Gasteiger partial charge in [-0.1, -0.05) is 65.1 Å². The number of benzene rings is 2. The lowest BCUT2D eigenvalue weighted by Crippen LogP contribution is -2.56. The van der Waals surface area contributed by atoms with Gasteiger partial charge in [0.1, 0.15) is 17.7 Å². The van der Waals surface area contributed by atoms with E-state index < -0.39 is 9.96 Å². The number of nitrogens with one attached hydrogen (secondary N) is 3. The molecule has 0 fully saturated rings. The van der Waals surface area contributed by atoms with Crippen LogP contribution in [0.2, 0.25) is 0 Å². The number of amides is 1. The third kappa shape index (κ3) is 7.44. The van der Waals surface area contributed by atoms with Crippen LogP contribution in [0.1, 0.15) is 5.56 Å². The third-order valence-corrected chi connectivity index (χ3v) is 4.65. The molecule has 2 aromatic carbocycles. The van der Waals surface area contributed by atoms with Gasteiger partial charge in [-0.05, 0) is 29.9 Å². The number of carbonyl (C=O) groups is 1. The minimum Gasteiger partial charge on any atom is -0.497 e. The fourth-order valence-electron chi connectivity index (χ4n) is 2.39. The Labute approximate surface area is 189 Å². The number of thiocarbonyl (C=S) groups is 1. The van der Waals surface area contributed by atoms with E-state index in [1.165, 1.54) is 7.11 Å². The van der Waals surface area contributed by atoms with Gasteiger partial charge in [-0.25, -0.2) is 0 Å². The molecule has 0 saturated heterocycles. The van der Waals surface area contributed by atoms with Crippen molar-refractivity contribution < 1.29 is 14.3 Å². The maximum atomic E-state index is 12.4. The molecule has 29 heavy (non-hydrogen) atoms. The highest BCUT2D eigenvalue weighted by atomic mass is 35.6. The molecule has 0 bridgehead atoms. The molecule has 0 saturated carbocycles. The zero-order valence-corrected chi connectivity index (χ0v) is 18.8. The van der Waals surface area contributed by atoms with Crippen LogP contribution in [0, 0.1) is 0 Å². The quantitative estimate of drug-likeness (QED) is 0.318. The Balaban J connectivity index is 2.06. The van der Waals surface area contributed by atoms with Crippen LogP contribution in [0.4, 0.5) is 5.69 Å². The predicted molar refractivity (Wildman–Crippen MR) is 121 cm³/mol. The molecule has 1 amide bonds. The number of alkyl halides is 3. The molecule has 2 aromatic rings. The van der Waals surface area contributed by atoms with Crippen molar-refractivity contribution in [2.75, 3.05) is 19.5 Å². The number of ether oxygens (including phenoxy) is 2. The Hall–Kier alpha value is -1.93. The van der Waals surface area contributed by atoms with Gasteiger partial charge in [-0.3, -0.25) is 4.79 Å². The molecule has 0 radical (unpaired) electrons. The summed E-state index contributed by atoms with van der Waals surface area (Å²) in [6.45, 7) is 0. The highest BCUT2D eigenvalue weighted by Crippen LogP contribution is 2.31. The monoisotopic (exact) mass is 475 g/mol. The Morgan fingerprint density at radius 1 is 1.07 bits per heavy atom. The van der Waals surface area contributed by atoms with Crippen molar-refractivity contribution in [2.24, 2.45) is 0 Å². The normalized spacial score (nSPS) is 11.9. The molecule has 156 valence electrons. The van der Waals surface area contributed by atoms with E-state index in [1.807, 2.05) is 30.3 Å². The average Bonchev–Trinajstić information content (AvgIpc) is 2.67. The molecule has 1 atom stereocenters. The Morgan fingerprint density at radius 2 is 1.76 bits per heavy atom. The zero-order valence-electron chi connectivity index (χ0n) is 15.7. The lowest BCUT2D eigenvalue weighted by atomic mass is 10.1. The largest absolute Gasteiger partial charge is 0.497 e. The fourth-order valence-corrected chi connectivity index (χ4v) is 2.95. The average molecular weight is 477 g/mol. The molecule has 0 aliphatic heterocycles. The van der Waals surface area contributed by atoms with Crippen LogP contribution in [0.25, 0.3) is 0 Å². The molecule has 2 rings (SSSR count). The molecular formula is C19H20Cl3N3O3S. The molecule has 6 nitrogen and oxygen atoms in total. The van der Waals surface area contributed by atoms with Crippen molar-refractivity contribution in [1.29, 1.82) is 0 Å². The Morgan fingerprint density at radius 3 is 2.34 bits per heavy atom. The van der Waals surface area contributed by atoms with Crippen LogP contribution in [0.3, 0.4) is 0 Å². The molecular weight excluding hydrogens is 457 g/mol. The second-order valence-corrected chi connectivity index (χ2v) is 8.65. The van der Waals surface area contributed by atoms with Crippen molar-refractivity contribution in [1.82, 2.24) is 10.6 Å². The Bertz CT molecular complexity index is 848. The highest BCUT2D eigenvalue weighted by molar-refractivity contribution is 7.80. The molecule has 0 unspecified atom stereocenters. The maximum Gasteiger partial charge on any atom is 0.228 e. The summed E-state index contributed by atoms with van der Waals surface area (Å²) in [7, 11) is 3.07. The van der Waals surface area contributed by atoms with E-state index in [-0.39, 0.29) is 17.4 Å². The summed E-state index contributed by atoms with van der Waals surface area (Å²) in [4.78, 5) is 12.4. The molecule has 0 spiro atoms. The van der Waals surface area contributed by atoms with E-state index in [4.69, 9.17) is 56.5 Å². The van der Waals surface area contributed by atoms with Gasteiger partial charge in [0.15, 0.2) is 5.11 Å². The number of anilines is 1. The second kappa shape index (κ2) is 10.7. The van der Waals surface area contributed by atoms with Crippen molar-refractivity contribution in [3.63, 3.8) is 0 Å². The lowest BCUT2D eigenvalue weighted by Gasteiger charge is -2.28. The van der Waals surface area contributed by atoms with Crippen LogP contribution < -0.4 is 25.4 Å². The number of halogens is 3. The molecule has 0 heterocycles. The van der Waals surface area contributed by atoms with Gasteiger partial charge in [0.05, 0.1) is 26.3 Å². The van der Waals surface area contributed by atoms with Crippen LogP contribution in [-0.4, -0.2) is 35.2 Å². The number of methoxy groups -OCH3 is 2. The second-order valence-electron chi connectivity index (χ2n) is 5.87. The topological polar surface area (TPSA) is 71.6 Å². The van der Waals surface area contributed by atoms with Gasteiger partial charge in [0, 0.05) is 6.07 Å². The van der Waals surface area contributed by atoms with E-state index in [9.17, 15) is 4.79 Å². The minimum absolute atomic E-state index is 0.118. The molecule has 3 N–H and O–H groups in total. The van der Waals surface area contributed by atoms with Gasteiger partial charge in [-0.2, -0.15) is 0 Å². The van der Waals surface area contributed by atoms with Crippen LogP contribution >= 0.6 is 47.0 Å². The maximum absolute atomic E-state index is 12.4. The SMILES string of the molecule is COc1ccc(OC)c(NC(=S)N[C@H](NC(=O)Cc2ccccc2)C(Cl)(Cl)Cl)c1. The molecule has 10 heteroatoms. The van der Waals surface area contributed by atoms with Gasteiger partial charge in [-0.15, -0.1) is 0 Å². The Kier molecular flexibility index (Phi) is 8.64. The number of hydrogen-bond donors (Lipinski definition) is 3. The lowest BCUT2D eigenvalue weighted by molar-refractivity contribution is -0.121. The molecule has 0 aromatic heterocycles. The van der Waals surface area contributed by atoms with Crippen molar-refractivity contribution in [2.45, 2.75) is 16.4 Å². The van der Waals surface area contributed by atoms with E-state index in [0.717, 1.165) is 5.56 Å². The van der Waals surface area contributed by atoms with E-state index in [0.29, 0.717) is 17.2 Å². The number of hydrogen-bond acceptors (Lipinski definition) is 4. The summed E-state index contributed by atoms with van der Waals surface area (Å²) in [5.74, 6) is 0.806. The van der Waals surface area contributed by atoms with E-state index in [2.05, 4.69) is 16.0 Å². The predicted octanol–water partition coefficient (Wildman–Crippen LogP) is 4.05. The highest BCUT2D eigenvalue weighted by Gasteiger charge is 2.34. The van der Waals surface area contributed by atoms with Crippen LogP contribution in [-0.2, 0) is 11.2 Å². The van der Waals surface area contributed by atoms with E-state index in [1.54, 1.807) is 25.3 Å². The van der Waals surface area contributed by atoms with Crippen molar-refractivity contribution >= 4 is 63.7 Å². The number of rotatable bonds is 7. The van der Waals surface area contributed by atoms with Crippen LogP contribution in [0.15, 0.2) is 48.5 Å². The third-order valence-electron chi connectivity index (χ3n) is 3.77. The minimum atomic E-state index is -1.85. The first kappa shape index (κ1) is 23.3. The summed E-state index contributed by atoms with van der Waals surface area (Å²) in [5.41, 5.74) is 1.37. The van der Waals surface area contributed by atoms with Crippen molar-refractivity contribution in [3.05, 3.63) is 54.1 Å². The summed E-state index contributed by atoms with van der Waals surface area (Å²) in [6, 6.07) is 14.4.